The fourth-order valence-corrected chi connectivity index (χ4v) is 3.21. The number of Topliss-reactive ketones (excluding diaryl/α,β-unsaturated/α-hetero) is 1. The van der Waals surface area contributed by atoms with E-state index in [-0.39, 0.29) is 11.3 Å². The van der Waals surface area contributed by atoms with Crippen molar-refractivity contribution in [2.45, 2.75) is 25.9 Å². The van der Waals surface area contributed by atoms with Crippen molar-refractivity contribution in [1.82, 2.24) is 14.5 Å². The third-order valence-corrected chi connectivity index (χ3v) is 4.48. The number of aliphatic hydroxyl groups excluding tert-OH is 1. The first kappa shape index (κ1) is 18.3. The van der Waals surface area contributed by atoms with E-state index < -0.39 is 28.4 Å². The first-order valence-corrected chi connectivity index (χ1v) is 8.35. The maximum atomic E-state index is 12.5. The van der Waals surface area contributed by atoms with Gasteiger partial charge < -0.3 is 14.6 Å². The van der Waals surface area contributed by atoms with Gasteiger partial charge in [0.2, 0.25) is 0 Å². The van der Waals surface area contributed by atoms with E-state index in [9.17, 15) is 24.8 Å². The van der Waals surface area contributed by atoms with Crippen LogP contribution < -0.4 is 0 Å². The third-order valence-electron chi connectivity index (χ3n) is 4.48. The standard InChI is InChI=1S/C18H18N4O5/c1-12(23)15-16(13-3-5-14(6-4-13)22(26)27)21(18(25)17(15)24)9-2-8-20-10-7-19-11-20/h3-7,10-11,16,24H,2,8-9H2,1H3/t16-/m0/s1. The second kappa shape index (κ2) is 7.40. The molecule has 0 bridgehead atoms. The SMILES string of the molecule is CC(=O)C1=C(O)C(=O)N(CCCn2ccnc2)[C@H]1c1ccc([N+](=O)[O-])cc1. The molecule has 9 heteroatoms. The molecular formula is C18H18N4O5. The molecule has 1 aromatic heterocycles. The van der Waals surface area contributed by atoms with E-state index in [4.69, 9.17) is 0 Å². The summed E-state index contributed by atoms with van der Waals surface area (Å²) in [4.78, 5) is 40.3. The number of rotatable bonds is 7. The average Bonchev–Trinajstić information content (AvgIpc) is 3.23. The zero-order valence-corrected chi connectivity index (χ0v) is 14.6. The monoisotopic (exact) mass is 370 g/mol. The molecule has 0 saturated carbocycles. The molecule has 9 nitrogen and oxygen atoms in total. The Hall–Kier alpha value is -3.49. The number of amides is 1. The summed E-state index contributed by atoms with van der Waals surface area (Å²) in [5, 5.41) is 21.1. The van der Waals surface area contributed by atoms with E-state index in [1.165, 1.54) is 36.1 Å². The molecule has 3 rings (SSSR count). The lowest BCUT2D eigenvalue weighted by atomic mass is 9.96. The zero-order chi connectivity index (χ0) is 19.6. The van der Waals surface area contributed by atoms with Crippen LogP contribution in [0.25, 0.3) is 0 Å². The molecule has 27 heavy (non-hydrogen) atoms. The number of ketones is 1. The molecular weight excluding hydrogens is 352 g/mol. The molecule has 0 aliphatic carbocycles. The maximum absolute atomic E-state index is 12.5. The molecule has 0 fully saturated rings. The third kappa shape index (κ3) is 3.57. The Morgan fingerprint density at radius 2 is 2.00 bits per heavy atom. The summed E-state index contributed by atoms with van der Waals surface area (Å²) >= 11 is 0. The van der Waals surface area contributed by atoms with E-state index in [1.54, 1.807) is 18.7 Å². The summed E-state index contributed by atoms with van der Waals surface area (Å²) in [7, 11) is 0. The first-order chi connectivity index (χ1) is 12.9. The normalized spacial score (nSPS) is 16.9. The van der Waals surface area contributed by atoms with Gasteiger partial charge in [-0.2, -0.15) is 0 Å². The van der Waals surface area contributed by atoms with Gasteiger partial charge in [0.1, 0.15) is 0 Å². The minimum absolute atomic E-state index is 0.0106. The topological polar surface area (TPSA) is 119 Å². The van der Waals surface area contributed by atoms with Crippen molar-refractivity contribution in [3.05, 3.63) is 70.0 Å². The Kier molecular flexibility index (Phi) is 5.02. The number of hydrogen-bond acceptors (Lipinski definition) is 6. The molecule has 1 aliphatic heterocycles. The van der Waals surface area contributed by atoms with Crippen LogP contribution in [0.3, 0.4) is 0 Å². The molecule has 0 radical (unpaired) electrons. The Morgan fingerprint density at radius 3 is 2.56 bits per heavy atom. The van der Waals surface area contributed by atoms with Gasteiger partial charge in [-0.05, 0) is 31.0 Å². The number of aliphatic hydroxyl groups is 1. The van der Waals surface area contributed by atoms with E-state index in [0.717, 1.165) is 0 Å². The van der Waals surface area contributed by atoms with Crippen LogP contribution in [0, 0.1) is 10.1 Å². The van der Waals surface area contributed by atoms with Crippen molar-refractivity contribution in [1.29, 1.82) is 0 Å². The van der Waals surface area contributed by atoms with Gasteiger partial charge in [0, 0.05) is 37.6 Å². The summed E-state index contributed by atoms with van der Waals surface area (Å²) in [5.41, 5.74) is 0.453. The van der Waals surface area contributed by atoms with E-state index in [0.29, 0.717) is 25.1 Å². The van der Waals surface area contributed by atoms with Gasteiger partial charge in [0.25, 0.3) is 11.6 Å². The van der Waals surface area contributed by atoms with Gasteiger partial charge in [-0.15, -0.1) is 0 Å². The summed E-state index contributed by atoms with van der Waals surface area (Å²) < 4.78 is 1.86. The van der Waals surface area contributed by atoms with Crippen LogP contribution in [-0.2, 0) is 16.1 Å². The lowest BCUT2D eigenvalue weighted by Gasteiger charge is -2.26. The molecule has 1 N–H and O–H groups in total. The van der Waals surface area contributed by atoms with Gasteiger partial charge in [0.05, 0.1) is 22.9 Å². The highest BCUT2D eigenvalue weighted by molar-refractivity contribution is 6.08. The van der Waals surface area contributed by atoms with Crippen molar-refractivity contribution < 1.29 is 19.6 Å². The second-order valence-corrected chi connectivity index (χ2v) is 6.22. The Balaban J connectivity index is 1.87. The summed E-state index contributed by atoms with van der Waals surface area (Å²) in [6.07, 6.45) is 5.71. The fraction of sp³-hybridized carbons (Fsp3) is 0.278. The maximum Gasteiger partial charge on any atom is 0.290 e. The number of carbonyl (C=O) groups is 2. The molecule has 1 aromatic carbocycles. The molecule has 140 valence electrons. The minimum Gasteiger partial charge on any atom is -0.503 e. The molecule has 1 atom stereocenters. The lowest BCUT2D eigenvalue weighted by molar-refractivity contribution is -0.384. The van der Waals surface area contributed by atoms with Crippen LogP contribution in [0.1, 0.15) is 24.9 Å². The number of nitro groups is 1. The number of non-ortho nitro benzene ring substituents is 1. The molecule has 0 unspecified atom stereocenters. The minimum atomic E-state index is -0.765. The second-order valence-electron chi connectivity index (χ2n) is 6.22. The molecule has 1 aliphatic rings. The van der Waals surface area contributed by atoms with Crippen LogP contribution in [0.15, 0.2) is 54.3 Å². The smallest absolute Gasteiger partial charge is 0.290 e. The Labute approximate surface area is 154 Å². The number of nitrogens with zero attached hydrogens (tertiary/aromatic N) is 4. The molecule has 2 heterocycles. The lowest BCUT2D eigenvalue weighted by Crippen LogP contribution is -2.32. The number of aromatic nitrogens is 2. The van der Waals surface area contributed by atoms with Gasteiger partial charge in [-0.3, -0.25) is 19.7 Å². The summed E-state index contributed by atoms with van der Waals surface area (Å²) in [5.74, 6) is -1.59. The quantitative estimate of drug-likeness (QED) is 0.589. The van der Waals surface area contributed by atoms with Crippen LogP contribution in [0.4, 0.5) is 5.69 Å². The highest BCUT2D eigenvalue weighted by Gasteiger charge is 2.42. The Bertz CT molecular complexity index is 902. The highest BCUT2D eigenvalue weighted by Crippen LogP contribution is 2.38. The average molecular weight is 370 g/mol. The van der Waals surface area contributed by atoms with Crippen molar-refractivity contribution in [2.24, 2.45) is 0 Å². The molecule has 0 saturated heterocycles. The van der Waals surface area contributed by atoms with Crippen molar-refractivity contribution in [3.63, 3.8) is 0 Å². The zero-order valence-electron chi connectivity index (χ0n) is 14.6. The van der Waals surface area contributed by atoms with Gasteiger partial charge in [-0.1, -0.05) is 0 Å². The number of benzene rings is 1. The highest BCUT2D eigenvalue weighted by atomic mass is 16.6. The first-order valence-electron chi connectivity index (χ1n) is 8.35. The van der Waals surface area contributed by atoms with Crippen molar-refractivity contribution >= 4 is 17.4 Å². The van der Waals surface area contributed by atoms with Crippen LogP contribution in [0.2, 0.25) is 0 Å². The largest absolute Gasteiger partial charge is 0.503 e. The van der Waals surface area contributed by atoms with E-state index in [2.05, 4.69) is 4.98 Å². The number of imidazole rings is 1. The van der Waals surface area contributed by atoms with Gasteiger partial charge in [-0.25, -0.2) is 4.98 Å². The van der Waals surface area contributed by atoms with E-state index in [1.807, 2.05) is 4.57 Å². The predicted octanol–water partition coefficient (Wildman–Crippen LogP) is 2.17. The Morgan fingerprint density at radius 1 is 1.30 bits per heavy atom. The van der Waals surface area contributed by atoms with Crippen LogP contribution in [0.5, 0.6) is 0 Å². The van der Waals surface area contributed by atoms with Crippen molar-refractivity contribution in [2.75, 3.05) is 6.54 Å². The number of hydrogen-bond donors (Lipinski definition) is 1. The summed E-state index contributed by atoms with van der Waals surface area (Å²) in [6.45, 7) is 2.21. The van der Waals surface area contributed by atoms with Crippen molar-refractivity contribution in [3.8, 4) is 0 Å². The number of aryl methyl sites for hydroxylation is 1. The number of carbonyl (C=O) groups excluding carboxylic acids is 2. The number of nitro benzene ring substituents is 1. The van der Waals surface area contributed by atoms with Gasteiger partial charge in [0.15, 0.2) is 11.5 Å². The molecule has 1 amide bonds. The van der Waals surface area contributed by atoms with Crippen LogP contribution >= 0.6 is 0 Å². The molecule has 2 aromatic rings. The summed E-state index contributed by atoms with van der Waals surface area (Å²) in [6, 6.07) is 4.87. The van der Waals surface area contributed by atoms with E-state index >= 15 is 0 Å². The fourth-order valence-electron chi connectivity index (χ4n) is 3.21. The predicted molar refractivity (Wildman–Crippen MR) is 94.7 cm³/mol. The van der Waals surface area contributed by atoms with Gasteiger partial charge >= 0.3 is 0 Å². The molecule has 0 spiro atoms. The van der Waals surface area contributed by atoms with Crippen LogP contribution in [-0.4, -0.2) is 42.7 Å².